The highest BCUT2D eigenvalue weighted by atomic mass is 19.2. The molecule has 5 rings (SSSR count). The van der Waals surface area contributed by atoms with Crippen molar-refractivity contribution in [3.05, 3.63) is 71.3 Å². The first-order valence-electron chi connectivity index (χ1n) is 12.8. The highest BCUT2D eigenvalue weighted by Gasteiger charge is 2.37. The van der Waals surface area contributed by atoms with E-state index in [2.05, 4.69) is 20.6 Å². The van der Waals surface area contributed by atoms with Crippen LogP contribution >= 0.6 is 0 Å². The number of hydrogen-bond acceptors (Lipinski definition) is 7. The zero-order chi connectivity index (χ0) is 27.5. The Morgan fingerprint density at radius 1 is 1.13 bits per heavy atom. The number of anilines is 1. The number of urea groups is 1. The van der Waals surface area contributed by atoms with Gasteiger partial charge in [0.2, 0.25) is 5.88 Å². The van der Waals surface area contributed by atoms with Crippen molar-refractivity contribution in [1.82, 2.24) is 25.1 Å². The van der Waals surface area contributed by atoms with Crippen molar-refractivity contribution in [2.75, 3.05) is 52.3 Å². The topological polar surface area (TPSA) is 93.1 Å². The lowest BCUT2D eigenvalue weighted by Crippen LogP contribution is -2.51. The van der Waals surface area contributed by atoms with Crippen LogP contribution < -0.4 is 15.4 Å². The number of benzene rings is 2. The zero-order valence-corrected chi connectivity index (χ0v) is 22.1. The monoisotopic (exact) mass is 542 g/mol. The molecule has 2 aromatic carbocycles. The highest BCUT2D eigenvalue weighted by molar-refractivity contribution is 5.90. The predicted octanol–water partition coefficient (Wildman–Crippen LogP) is 3.28. The Kier molecular flexibility index (Phi) is 8.07. The van der Waals surface area contributed by atoms with Crippen LogP contribution in [0.15, 0.2) is 48.5 Å². The number of hydroxylamine groups is 2. The Labute approximate surface area is 225 Å². The summed E-state index contributed by atoms with van der Waals surface area (Å²) in [6.45, 7) is 4.60. The van der Waals surface area contributed by atoms with Gasteiger partial charge < -0.3 is 14.8 Å². The van der Waals surface area contributed by atoms with E-state index in [-0.39, 0.29) is 6.10 Å². The van der Waals surface area contributed by atoms with Gasteiger partial charge in [0.05, 0.1) is 23.9 Å². The van der Waals surface area contributed by atoms with E-state index >= 15 is 0 Å². The molecule has 1 aromatic heterocycles. The molecule has 2 aliphatic heterocycles. The van der Waals surface area contributed by atoms with E-state index in [0.29, 0.717) is 42.5 Å². The first kappa shape index (κ1) is 27.0. The van der Waals surface area contributed by atoms with Crippen molar-refractivity contribution in [3.8, 4) is 11.6 Å². The number of nitrogens with one attached hydrogen (secondary N) is 2. The molecule has 2 saturated heterocycles. The lowest BCUT2D eigenvalue weighted by molar-refractivity contribution is -0.154. The highest BCUT2D eigenvalue weighted by Crippen LogP contribution is 2.32. The Bertz CT molecular complexity index is 1300. The molecule has 2 fully saturated rings. The fourth-order valence-electron chi connectivity index (χ4n) is 4.71. The Hall–Kier alpha value is -3.58. The molecule has 2 N–H and O–H groups in total. The second-order valence-corrected chi connectivity index (χ2v) is 9.77. The summed E-state index contributed by atoms with van der Waals surface area (Å²) in [6.07, 6.45) is -0.697. The molecule has 2 amide bonds. The van der Waals surface area contributed by atoms with Gasteiger partial charge in [-0.3, -0.25) is 15.1 Å². The van der Waals surface area contributed by atoms with Gasteiger partial charge in [0.15, 0.2) is 11.6 Å². The Morgan fingerprint density at radius 2 is 1.90 bits per heavy atom. The number of amides is 2. The van der Waals surface area contributed by atoms with Crippen molar-refractivity contribution in [2.24, 2.45) is 0 Å². The average Bonchev–Trinajstić information content (AvgIpc) is 3.44. The van der Waals surface area contributed by atoms with Gasteiger partial charge in [-0.25, -0.2) is 18.3 Å². The normalized spacial score (nSPS) is 20.1. The smallest absolute Gasteiger partial charge is 0.320 e. The summed E-state index contributed by atoms with van der Waals surface area (Å²) in [5.41, 5.74) is 1.85. The summed E-state index contributed by atoms with van der Waals surface area (Å²) < 4.78 is 40.5. The number of para-hydroxylation sites is 1. The molecule has 0 bridgehead atoms. The number of carbonyl (C=O) groups excluding carboxylic acids is 1. The molecular formula is C27H32F2N6O4. The van der Waals surface area contributed by atoms with Crippen LogP contribution in [0.4, 0.5) is 19.4 Å². The fourth-order valence-corrected chi connectivity index (χ4v) is 4.71. The summed E-state index contributed by atoms with van der Waals surface area (Å²) >= 11 is 0. The zero-order valence-electron chi connectivity index (χ0n) is 22.1. The number of aromatic nitrogens is 2. The lowest BCUT2D eigenvalue weighted by atomic mass is 10.0. The van der Waals surface area contributed by atoms with Crippen LogP contribution in [0.5, 0.6) is 5.88 Å². The first-order chi connectivity index (χ1) is 18.8. The molecular weight excluding hydrogens is 510 g/mol. The first-order valence-corrected chi connectivity index (χ1v) is 12.8. The van der Waals surface area contributed by atoms with Gasteiger partial charge >= 0.3 is 6.03 Å². The number of halogens is 2. The van der Waals surface area contributed by atoms with Crippen LogP contribution in [0, 0.1) is 18.6 Å². The fraction of sp³-hybridized carbons (Fsp3) is 0.407. The molecule has 2 aliphatic rings. The predicted molar refractivity (Wildman–Crippen MR) is 140 cm³/mol. The average molecular weight is 543 g/mol. The Morgan fingerprint density at radius 3 is 2.59 bits per heavy atom. The molecule has 3 aromatic rings. The summed E-state index contributed by atoms with van der Waals surface area (Å²) in [6, 6.07) is 12.0. The van der Waals surface area contributed by atoms with E-state index < -0.39 is 29.8 Å². The second kappa shape index (κ2) is 11.7. The largest absolute Gasteiger partial charge is 0.470 e. The maximum atomic E-state index is 14.0. The van der Waals surface area contributed by atoms with E-state index in [9.17, 15) is 13.6 Å². The van der Waals surface area contributed by atoms with Crippen LogP contribution in [-0.4, -0.2) is 84.9 Å². The molecule has 0 saturated carbocycles. The van der Waals surface area contributed by atoms with Crippen LogP contribution in [-0.2, 0) is 9.57 Å². The van der Waals surface area contributed by atoms with E-state index in [4.69, 9.17) is 14.3 Å². The minimum atomic E-state index is -0.984. The van der Waals surface area contributed by atoms with Crippen molar-refractivity contribution in [3.63, 3.8) is 0 Å². The van der Waals surface area contributed by atoms with Gasteiger partial charge in [-0.1, -0.05) is 24.3 Å². The standard InChI is InChI=1S/C27H32F2N6O4/c1-17-25(35(19-7-5-4-6-8-19)32-26(17)38-20-14-33(2)15-20)31-27(36)30-23-16-34(11-12-37-3)39-24(23)18-9-10-21(28)22(29)13-18/h4-10,13,20,23-24H,11-12,14-16H2,1-3H3,(H2,30,31,36)/t23-,24+/m1/s1. The number of ether oxygens (including phenoxy) is 2. The van der Waals surface area contributed by atoms with Crippen LogP contribution in [0.1, 0.15) is 17.2 Å². The van der Waals surface area contributed by atoms with E-state index in [1.54, 1.807) is 16.9 Å². The Balaban J connectivity index is 1.36. The summed E-state index contributed by atoms with van der Waals surface area (Å²) in [7, 11) is 3.59. The van der Waals surface area contributed by atoms with Gasteiger partial charge in [-0.05, 0) is 43.8 Å². The number of rotatable bonds is 9. The van der Waals surface area contributed by atoms with Crippen LogP contribution in [0.3, 0.4) is 0 Å². The van der Waals surface area contributed by atoms with E-state index in [1.807, 2.05) is 44.3 Å². The molecule has 2 atom stereocenters. The quantitative estimate of drug-likeness (QED) is 0.429. The molecule has 0 unspecified atom stereocenters. The molecule has 0 radical (unpaired) electrons. The summed E-state index contributed by atoms with van der Waals surface area (Å²) in [5.74, 6) is -1.03. The number of likely N-dealkylation sites (tertiary alicyclic amines) is 1. The van der Waals surface area contributed by atoms with Crippen LogP contribution in [0.25, 0.3) is 5.69 Å². The molecule has 0 aliphatic carbocycles. The third-order valence-corrected chi connectivity index (χ3v) is 6.78. The third-order valence-electron chi connectivity index (χ3n) is 6.78. The van der Waals surface area contributed by atoms with Crippen molar-refractivity contribution in [2.45, 2.75) is 25.2 Å². The summed E-state index contributed by atoms with van der Waals surface area (Å²) in [4.78, 5) is 21.4. The maximum absolute atomic E-state index is 14.0. The number of likely N-dealkylation sites (N-methyl/N-ethyl adjacent to an activating group) is 1. The van der Waals surface area contributed by atoms with Crippen molar-refractivity contribution >= 4 is 11.8 Å². The lowest BCUT2D eigenvalue weighted by Gasteiger charge is -2.35. The van der Waals surface area contributed by atoms with Gasteiger partial charge in [-0.15, -0.1) is 5.10 Å². The molecule has 39 heavy (non-hydrogen) atoms. The summed E-state index contributed by atoms with van der Waals surface area (Å²) in [5, 5.41) is 12.1. The third kappa shape index (κ3) is 6.04. The second-order valence-electron chi connectivity index (χ2n) is 9.77. The minimum Gasteiger partial charge on any atom is -0.470 e. The van der Waals surface area contributed by atoms with Gasteiger partial charge in [0, 0.05) is 33.3 Å². The SMILES string of the molecule is COCCN1C[C@@H](NC(=O)Nc2c(C)c(OC3CN(C)C3)nn2-c2ccccc2)[C@H](c2ccc(F)c(F)c2)O1. The van der Waals surface area contributed by atoms with Crippen LogP contribution in [0.2, 0.25) is 0 Å². The van der Waals surface area contributed by atoms with E-state index in [1.165, 1.54) is 6.07 Å². The number of hydrogen-bond donors (Lipinski definition) is 2. The number of carbonyl (C=O) groups is 1. The molecule has 12 heteroatoms. The van der Waals surface area contributed by atoms with Gasteiger partial charge in [-0.2, -0.15) is 5.06 Å². The molecule has 3 heterocycles. The molecule has 0 spiro atoms. The molecule has 10 nitrogen and oxygen atoms in total. The van der Waals surface area contributed by atoms with Crippen molar-refractivity contribution in [1.29, 1.82) is 0 Å². The minimum absolute atomic E-state index is 0.0279. The molecule has 208 valence electrons. The van der Waals surface area contributed by atoms with Gasteiger partial charge in [0.1, 0.15) is 18.0 Å². The van der Waals surface area contributed by atoms with Crippen molar-refractivity contribution < 1.29 is 27.9 Å². The maximum Gasteiger partial charge on any atom is 0.320 e. The number of nitrogens with zero attached hydrogens (tertiary/aromatic N) is 4. The van der Waals surface area contributed by atoms with Gasteiger partial charge in [0.25, 0.3) is 0 Å². The number of methoxy groups -OCH3 is 1. The van der Waals surface area contributed by atoms with E-state index in [0.717, 1.165) is 30.9 Å².